The van der Waals surface area contributed by atoms with Crippen molar-refractivity contribution in [2.75, 3.05) is 6.61 Å². The largest absolute Gasteiger partial charge is 0.463 e. The first kappa shape index (κ1) is 15.4. The van der Waals surface area contributed by atoms with Crippen molar-refractivity contribution in [3.8, 4) is 0 Å². The highest BCUT2D eigenvalue weighted by Crippen LogP contribution is 2.23. The van der Waals surface area contributed by atoms with Gasteiger partial charge in [-0.3, -0.25) is 14.4 Å². The summed E-state index contributed by atoms with van der Waals surface area (Å²) < 4.78 is 20.3. The van der Waals surface area contributed by atoms with Crippen molar-refractivity contribution in [3.05, 3.63) is 0 Å². The van der Waals surface area contributed by atoms with Crippen LogP contribution in [0, 0.1) is 0 Å². The van der Waals surface area contributed by atoms with E-state index in [2.05, 4.69) is 0 Å². The fraction of sp³-hybridized carbons (Fsp3) is 0.750. The maximum atomic E-state index is 11.0. The summed E-state index contributed by atoms with van der Waals surface area (Å²) >= 11 is 0. The summed E-state index contributed by atoms with van der Waals surface area (Å²) in [5.41, 5.74) is 0. The van der Waals surface area contributed by atoms with E-state index in [0.717, 1.165) is 0 Å². The molecule has 0 spiro atoms. The number of ether oxygens (including phenoxy) is 4. The van der Waals surface area contributed by atoms with Crippen LogP contribution in [0.3, 0.4) is 0 Å². The minimum atomic E-state index is -0.704. The van der Waals surface area contributed by atoms with Gasteiger partial charge in [-0.25, -0.2) is 0 Å². The van der Waals surface area contributed by atoms with Crippen LogP contribution in [-0.4, -0.2) is 43.0 Å². The number of hydrogen-bond acceptors (Lipinski definition) is 7. The monoisotopic (exact) mass is 274 g/mol. The summed E-state index contributed by atoms with van der Waals surface area (Å²) in [6.45, 7) is 3.79. The maximum Gasteiger partial charge on any atom is 0.304 e. The van der Waals surface area contributed by atoms with Crippen molar-refractivity contribution in [2.45, 2.75) is 52.1 Å². The van der Waals surface area contributed by atoms with Gasteiger partial charge in [0.15, 0.2) is 0 Å². The van der Waals surface area contributed by atoms with Crippen LogP contribution in [0.2, 0.25) is 0 Å². The lowest BCUT2D eigenvalue weighted by Gasteiger charge is -2.34. The summed E-state index contributed by atoms with van der Waals surface area (Å²) in [4.78, 5) is 32.7. The van der Waals surface area contributed by atoms with Crippen LogP contribution in [-0.2, 0) is 33.3 Å². The molecule has 1 saturated heterocycles. The van der Waals surface area contributed by atoms with Crippen molar-refractivity contribution in [1.82, 2.24) is 0 Å². The van der Waals surface area contributed by atoms with Crippen LogP contribution in [0.25, 0.3) is 0 Å². The molecule has 19 heavy (non-hydrogen) atoms. The Morgan fingerprint density at radius 2 is 1.63 bits per heavy atom. The van der Waals surface area contributed by atoms with E-state index in [4.69, 9.17) is 18.9 Å². The molecule has 1 aliphatic rings. The highest BCUT2D eigenvalue weighted by Gasteiger charge is 2.35. The lowest BCUT2D eigenvalue weighted by atomic mass is 10.1. The van der Waals surface area contributed by atoms with Gasteiger partial charge in [0, 0.05) is 27.2 Å². The molecule has 0 aromatic carbocycles. The molecule has 0 aromatic heterocycles. The third-order valence-electron chi connectivity index (χ3n) is 2.49. The van der Waals surface area contributed by atoms with Gasteiger partial charge in [-0.15, -0.1) is 0 Å². The highest BCUT2D eigenvalue weighted by atomic mass is 16.7. The predicted octanol–water partition coefficient (Wildman–Crippen LogP) is 0.549. The van der Waals surface area contributed by atoms with Gasteiger partial charge in [0.1, 0.15) is 18.8 Å². The number of carbonyl (C=O) groups is 3. The van der Waals surface area contributed by atoms with E-state index in [1.165, 1.54) is 20.8 Å². The average molecular weight is 274 g/mol. The number of rotatable bonds is 4. The Labute approximate surface area is 111 Å². The van der Waals surface area contributed by atoms with Gasteiger partial charge in [-0.2, -0.15) is 0 Å². The second-order valence-electron chi connectivity index (χ2n) is 4.24. The molecule has 108 valence electrons. The number of esters is 3. The standard InChI is InChI=1S/C12H18O7/c1-7(13)16-6-11-10(17-8(2)14)4-5-12(19-11)18-9(3)15/h10-12H,4-6H2,1-3H3/t10-,11+,12+/m0/s1. The Hall–Kier alpha value is -1.63. The molecule has 0 N–H and O–H groups in total. The van der Waals surface area contributed by atoms with Gasteiger partial charge in [0.05, 0.1) is 0 Å². The number of carbonyl (C=O) groups excluding carboxylic acids is 3. The van der Waals surface area contributed by atoms with Gasteiger partial charge in [0.25, 0.3) is 0 Å². The maximum absolute atomic E-state index is 11.0. The normalized spacial score (nSPS) is 26.4. The summed E-state index contributed by atoms with van der Waals surface area (Å²) in [6.07, 6.45) is -0.947. The summed E-state index contributed by atoms with van der Waals surface area (Å²) in [5.74, 6) is -1.35. The molecule has 0 amide bonds. The summed E-state index contributed by atoms with van der Waals surface area (Å²) in [6, 6.07) is 0. The van der Waals surface area contributed by atoms with Gasteiger partial charge in [-0.1, -0.05) is 0 Å². The quantitative estimate of drug-likeness (QED) is 0.546. The minimum Gasteiger partial charge on any atom is -0.463 e. The zero-order valence-corrected chi connectivity index (χ0v) is 11.2. The molecular formula is C12H18O7. The topological polar surface area (TPSA) is 88.1 Å². The van der Waals surface area contributed by atoms with E-state index < -0.39 is 36.4 Å². The predicted molar refractivity (Wildman–Crippen MR) is 61.8 cm³/mol. The van der Waals surface area contributed by atoms with Crippen LogP contribution in [0.15, 0.2) is 0 Å². The zero-order chi connectivity index (χ0) is 14.4. The first-order valence-corrected chi connectivity index (χ1v) is 6.01. The molecular weight excluding hydrogens is 256 g/mol. The molecule has 7 heteroatoms. The smallest absolute Gasteiger partial charge is 0.304 e. The Bertz CT molecular complexity index is 352. The van der Waals surface area contributed by atoms with Crippen molar-refractivity contribution >= 4 is 17.9 Å². The van der Waals surface area contributed by atoms with E-state index in [1.807, 2.05) is 0 Å². The Kier molecular flexibility index (Phi) is 5.75. The van der Waals surface area contributed by atoms with Gasteiger partial charge < -0.3 is 18.9 Å². The molecule has 0 bridgehead atoms. The van der Waals surface area contributed by atoms with Crippen molar-refractivity contribution in [1.29, 1.82) is 0 Å². The van der Waals surface area contributed by atoms with Crippen LogP contribution in [0.1, 0.15) is 33.6 Å². The molecule has 0 aromatic rings. The van der Waals surface area contributed by atoms with E-state index in [-0.39, 0.29) is 6.61 Å². The molecule has 0 aliphatic carbocycles. The third-order valence-corrected chi connectivity index (χ3v) is 2.49. The van der Waals surface area contributed by atoms with E-state index >= 15 is 0 Å². The molecule has 1 rings (SSSR count). The lowest BCUT2D eigenvalue weighted by Crippen LogP contribution is -2.45. The minimum absolute atomic E-state index is 0.0506. The first-order chi connectivity index (χ1) is 8.88. The fourth-order valence-corrected chi connectivity index (χ4v) is 1.80. The van der Waals surface area contributed by atoms with Gasteiger partial charge in [0.2, 0.25) is 6.29 Å². The highest BCUT2D eigenvalue weighted by molar-refractivity contribution is 5.67. The molecule has 0 unspecified atom stereocenters. The van der Waals surface area contributed by atoms with Crippen LogP contribution >= 0.6 is 0 Å². The fourth-order valence-electron chi connectivity index (χ4n) is 1.80. The lowest BCUT2D eigenvalue weighted by molar-refractivity contribution is -0.234. The van der Waals surface area contributed by atoms with Crippen LogP contribution < -0.4 is 0 Å². The second kappa shape index (κ2) is 7.08. The Morgan fingerprint density at radius 1 is 1.00 bits per heavy atom. The van der Waals surface area contributed by atoms with Gasteiger partial charge in [-0.05, 0) is 6.42 Å². The Balaban J connectivity index is 2.59. The van der Waals surface area contributed by atoms with Crippen molar-refractivity contribution in [3.63, 3.8) is 0 Å². The average Bonchev–Trinajstić information content (AvgIpc) is 2.27. The SMILES string of the molecule is CC(=O)OC[C@H]1O[C@@H](OC(C)=O)CC[C@@H]1OC(C)=O. The van der Waals surface area contributed by atoms with Crippen molar-refractivity contribution < 1.29 is 33.3 Å². The molecule has 1 fully saturated rings. The van der Waals surface area contributed by atoms with E-state index in [0.29, 0.717) is 12.8 Å². The van der Waals surface area contributed by atoms with Crippen LogP contribution in [0.4, 0.5) is 0 Å². The summed E-state index contributed by atoms with van der Waals surface area (Å²) in [5, 5.41) is 0. The van der Waals surface area contributed by atoms with Crippen molar-refractivity contribution in [2.24, 2.45) is 0 Å². The second-order valence-corrected chi connectivity index (χ2v) is 4.24. The van der Waals surface area contributed by atoms with Crippen LogP contribution in [0.5, 0.6) is 0 Å². The zero-order valence-electron chi connectivity index (χ0n) is 11.2. The molecule has 0 saturated carbocycles. The molecule has 1 aliphatic heterocycles. The number of hydrogen-bond donors (Lipinski definition) is 0. The summed E-state index contributed by atoms with van der Waals surface area (Å²) in [7, 11) is 0. The first-order valence-electron chi connectivity index (χ1n) is 6.01. The molecule has 7 nitrogen and oxygen atoms in total. The van der Waals surface area contributed by atoms with E-state index in [9.17, 15) is 14.4 Å². The van der Waals surface area contributed by atoms with E-state index in [1.54, 1.807) is 0 Å². The van der Waals surface area contributed by atoms with Gasteiger partial charge >= 0.3 is 17.9 Å². The molecule has 3 atom stereocenters. The third kappa shape index (κ3) is 5.69. The molecule has 1 heterocycles. The molecule has 0 radical (unpaired) electrons. The Morgan fingerprint density at radius 3 is 2.16 bits per heavy atom.